The molecule has 2 heterocycles. The van der Waals surface area contributed by atoms with Crippen molar-refractivity contribution >= 4 is 11.3 Å². The summed E-state index contributed by atoms with van der Waals surface area (Å²) in [7, 11) is 0. The third kappa shape index (κ3) is 1.99. The molecule has 0 saturated carbocycles. The average molecular weight is 193 g/mol. The molecule has 0 radical (unpaired) electrons. The molecule has 68 valence electrons. The molecule has 1 atom stereocenters. The highest BCUT2D eigenvalue weighted by molar-refractivity contribution is 7.07. The largest absolute Gasteiger partial charge is 0.468 e. The maximum Gasteiger partial charge on any atom is 0.120 e. The van der Waals surface area contributed by atoms with Crippen LogP contribution < -0.4 is 5.73 Å². The van der Waals surface area contributed by atoms with Gasteiger partial charge in [-0.3, -0.25) is 0 Å². The van der Waals surface area contributed by atoms with E-state index in [1.54, 1.807) is 17.6 Å². The summed E-state index contributed by atoms with van der Waals surface area (Å²) in [6, 6.07) is 5.84. The summed E-state index contributed by atoms with van der Waals surface area (Å²) in [4.78, 5) is 0. The molecule has 0 aliphatic carbocycles. The van der Waals surface area contributed by atoms with Gasteiger partial charge in [-0.15, -0.1) is 0 Å². The summed E-state index contributed by atoms with van der Waals surface area (Å²) in [6.07, 6.45) is 2.50. The number of rotatable bonds is 3. The van der Waals surface area contributed by atoms with E-state index in [2.05, 4.69) is 16.8 Å². The molecule has 0 amide bonds. The molecule has 2 nitrogen and oxygen atoms in total. The first-order valence-electron chi connectivity index (χ1n) is 4.16. The highest BCUT2D eigenvalue weighted by Gasteiger charge is 2.09. The number of nitrogens with two attached hydrogens (primary N) is 1. The molecule has 2 aromatic heterocycles. The predicted molar refractivity (Wildman–Crippen MR) is 53.7 cm³/mol. The molecule has 0 spiro atoms. The maximum absolute atomic E-state index is 5.94. The van der Waals surface area contributed by atoms with Crippen LogP contribution in [0.2, 0.25) is 0 Å². The van der Waals surface area contributed by atoms with Gasteiger partial charge < -0.3 is 10.2 Å². The van der Waals surface area contributed by atoms with Crippen LogP contribution in [0.1, 0.15) is 17.4 Å². The van der Waals surface area contributed by atoms with E-state index in [-0.39, 0.29) is 6.04 Å². The smallest absolute Gasteiger partial charge is 0.120 e. The van der Waals surface area contributed by atoms with Gasteiger partial charge in [0.05, 0.1) is 12.3 Å². The minimum atomic E-state index is -0.0235. The second-order valence-electron chi connectivity index (χ2n) is 2.96. The quantitative estimate of drug-likeness (QED) is 0.813. The molecular weight excluding hydrogens is 182 g/mol. The third-order valence-electron chi connectivity index (χ3n) is 1.94. The second kappa shape index (κ2) is 3.77. The van der Waals surface area contributed by atoms with Crippen LogP contribution >= 0.6 is 11.3 Å². The fourth-order valence-corrected chi connectivity index (χ4v) is 1.95. The summed E-state index contributed by atoms with van der Waals surface area (Å²) in [5.74, 6) is 0.853. The van der Waals surface area contributed by atoms with Crippen molar-refractivity contribution in [2.45, 2.75) is 12.5 Å². The van der Waals surface area contributed by atoms with E-state index in [1.807, 2.05) is 12.1 Å². The predicted octanol–water partition coefficient (Wildman–Crippen LogP) is 2.58. The normalized spacial score (nSPS) is 13.0. The lowest BCUT2D eigenvalue weighted by molar-refractivity contribution is 0.465. The van der Waals surface area contributed by atoms with Gasteiger partial charge in [0.2, 0.25) is 0 Å². The van der Waals surface area contributed by atoms with E-state index in [0.29, 0.717) is 0 Å². The molecule has 0 bridgehead atoms. The molecule has 0 aliphatic heterocycles. The Morgan fingerprint density at radius 3 is 3.00 bits per heavy atom. The van der Waals surface area contributed by atoms with Crippen molar-refractivity contribution in [2.24, 2.45) is 5.73 Å². The van der Waals surface area contributed by atoms with Crippen LogP contribution in [0.3, 0.4) is 0 Å². The number of furan rings is 1. The molecule has 0 aromatic carbocycles. The molecule has 3 heteroatoms. The topological polar surface area (TPSA) is 39.2 Å². The molecule has 0 fully saturated rings. The van der Waals surface area contributed by atoms with Gasteiger partial charge >= 0.3 is 0 Å². The Hall–Kier alpha value is -1.06. The van der Waals surface area contributed by atoms with Crippen molar-refractivity contribution < 1.29 is 4.42 Å². The minimum Gasteiger partial charge on any atom is -0.468 e. The van der Waals surface area contributed by atoms with Gasteiger partial charge in [-0.2, -0.15) is 11.3 Å². The van der Waals surface area contributed by atoms with Crippen molar-refractivity contribution in [3.63, 3.8) is 0 Å². The molecule has 2 N–H and O–H groups in total. The molecular formula is C10H11NOS. The van der Waals surface area contributed by atoms with Crippen LogP contribution in [0.5, 0.6) is 0 Å². The van der Waals surface area contributed by atoms with Gasteiger partial charge in [0.1, 0.15) is 5.76 Å². The van der Waals surface area contributed by atoms with E-state index in [0.717, 1.165) is 12.2 Å². The summed E-state index contributed by atoms with van der Waals surface area (Å²) in [5.41, 5.74) is 7.21. The lowest BCUT2D eigenvalue weighted by Crippen LogP contribution is -2.11. The van der Waals surface area contributed by atoms with Crippen LogP contribution in [-0.2, 0) is 6.42 Å². The molecule has 2 rings (SSSR count). The van der Waals surface area contributed by atoms with Gasteiger partial charge in [0.15, 0.2) is 0 Å². The summed E-state index contributed by atoms with van der Waals surface area (Å²) in [5, 5.41) is 4.17. The number of hydrogen-bond donors (Lipinski definition) is 1. The van der Waals surface area contributed by atoms with E-state index in [1.165, 1.54) is 5.56 Å². The van der Waals surface area contributed by atoms with Crippen LogP contribution in [0, 0.1) is 0 Å². The molecule has 13 heavy (non-hydrogen) atoms. The van der Waals surface area contributed by atoms with E-state index < -0.39 is 0 Å². The molecule has 0 aliphatic rings. The monoisotopic (exact) mass is 193 g/mol. The van der Waals surface area contributed by atoms with Gasteiger partial charge in [0, 0.05) is 0 Å². The fourth-order valence-electron chi connectivity index (χ4n) is 1.27. The van der Waals surface area contributed by atoms with Gasteiger partial charge in [0.25, 0.3) is 0 Å². The maximum atomic E-state index is 5.94. The van der Waals surface area contributed by atoms with Crippen molar-refractivity contribution in [3.05, 3.63) is 46.5 Å². The zero-order valence-corrected chi connectivity index (χ0v) is 7.96. The average Bonchev–Trinajstić information content (AvgIpc) is 2.74. The Morgan fingerprint density at radius 1 is 1.46 bits per heavy atom. The highest BCUT2D eigenvalue weighted by Crippen LogP contribution is 2.17. The minimum absolute atomic E-state index is 0.0235. The summed E-state index contributed by atoms with van der Waals surface area (Å²) < 4.78 is 5.22. The van der Waals surface area contributed by atoms with Crippen LogP contribution in [0.25, 0.3) is 0 Å². The van der Waals surface area contributed by atoms with E-state index in [9.17, 15) is 0 Å². The van der Waals surface area contributed by atoms with Crippen LogP contribution in [0.15, 0.2) is 39.6 Å². The lowest BCUT2D eigenvalue weighted by Gasteiger charge is -2.06. The molecule has 0 saturated heterocycles. The zero-order chi connectivity index (χ0) is 9.10. The first kappa shape index (κ1) is 8.53. The molecule has 2 aromatic rings. The lowest BCUT2D eigenvalue weighted by atomic mass is 10.1. The highest BCUT2D eigenvalue weighted by atomic mass is 32.1. The van der Waals surface area contributed by atoms with Crippen LogP contribution in [-0.4, -0.2) is 0 Å². The Balaban J connectivity index is 2.04. The van der Waals surface area contributed by atoms with Crippen molar-refractivity contribution in [2.75, 3.05) is 0 Å². The summed E-state index contributed by atoms with van der Waals surface area (Å²) in [6.45, 7) is 0. The standard InChI is InChI=1S/C10H11NOS/c11-9(10-2-1-4-12-10)6-8-3-5-13-7-8/h1-5,7,9H,6,11H2. The third-order valence-corrected chi connectivity index (χ3v) is 2.68. The molecule has 1 unspecified atom stereocenters. The zero-order valence-electron chi connectivity index (χ0n) is 7.14. The Bertz CT molecular complexity index is 339. The second-order valence-corrected chi connectivity index (χ2v) is 3.74. The van der Waals surface area contributed by atoms with Gasteiger partial charge in [-0.25, -0.2) is 0 Å². The Kier molecular flexibility index (Phi) is 2.47. The van der Waals surface area contributed by atoms with E-state index >= 15 is 0 Å². The van der Waals surface area contributed by atoms with Crippen molar-refractivity contribution in [3.8, 4) is 0 Å². The fraction of sp³-hybridized carbons (Fsp3) is 0.200. The first-order valence-corrected chi connectivity index (χ1v) is 5.10. The SMILES string of the molecule is NC(Cc1ccsc1)c1ccco1. The Morgan fingerprint density at radius 2 is 2.38 bits per heavy atom. The van der Waals surface area contributed by atoms with Crippen LogP contribution in [0.4, 0.5) is 0 Å². The summed E-state index contributed by atoms with van der Waals surface area (Å²) >= 11 is 1.69. The number of thiophene rings is 1. The number of hydrogen-bond acceptors (Lipinski definition) is 3. The van der Waals surface area contributed by atoms with Crippen molar-refractivity contribution in [1.29, 1.82) is 0 Å². The van der Waals surface area contributed by atoms with E-state index in [4.69, 9.17) is 10.2 Å². The van der Waals surface area contributed by atoms with Gasteiger partial charge in [-0.05, 0) is 40.9 Å². The Labute approximate surface area is 81.0 Å². The first-order chi connectivity index (χ1) is 6.36. The van der Waals surface area contributed by atoms with Crippen molar-refractivity contribution in [1.82, 2.24) is 0 Å². The van der Waals surface area contributed by atoms with Gasteiger partial charge in [-0.1, -0.05) is 0 Å².